The lowest BCUT2D eigenvalue weighted by molar-refractivity contribution is -0.870. The van der Waals surface area contributed by atoms with Gasteiger partial charge in [-0.1, -0.05) is 154 Å². The summed E-state index contributed by atoms with van der Waals surface area (Å²) < 4.78 is 34.3. The second-order valence-electron chi connectivity index (χ2n) is 16.8. The number of hydrogen-bond donors (Lipinski definition) is 1. The highest BCUT2D eigenvalue weighted by Gasteiger charge is 2.27. The lowest BCUT2D eigenvalue weighted by Crippen LogP contribution is -2.37. The molecule has 0 fully saturated rings. The maximum absolute atomic E-state index is 12.7. The summed E-state index contributed by atoms with van der Waals surface area (Å²) in [5, 5.41) is 0. The Balaban J connectivity index is 4.33. The fourth-order valence-corrected chi connectivity index (χ4v) is 7.04. The third-order valence-corrected chi connectivity index (χ3v) is 10.9. The number of allylic oxidation sites excluding steroid dienone is 4. The fraction of sp³-hybridized carbons (Fsp3) is 0.870. The number of hydrogen-bond acceptors (Lipinski definition) is 7. The molecule has 0 spiro atoms. The van der Waals surface area contributed by atoms with E-state index in [1.165, 1.54) is 128 Å². The van der Waals surface area contributed by atoms with Crippen LogP contribution in [-0.2, 0) is 32.7 Å². The molecule has 1 N–H and O–H groups in total. The molecule has 0 aromatic rings. The molecule has 10 heteroatoms. The molecule has 1 unspecified atom stereocenters. The zero-order valence-corrected chi connectivity index (χ0v) is 38.0. The summed E-state index contributed by atoms with van der Waals surface area (Å²) in [7, 11) is 1.48. The van der Waals surface area contributed by atoms with Gasteiger partial charge in [0.2, 0.25) is 0 Å². The molecule has 0 amide bonds. The summed E-state index contributed by atoms with van der Waals surface area (Å²) in [6, 6.07) is 0. The van der Waals surface area contributed by atoms with Crippen LogP contribution < -0.4 is 0 Å². The highest BCUT2D eigenvalue weighted by Crippen LogP contribution is 2.43. The predicted octanol–water partition coefficient (Wildman–Crippen LogP) is 13.1. The number of quaternary nitrogens is 1. The minimum atomic E-state index is -4.37. The average Bonchev–Trinajstić information content (AvgIpc) is 3.15. The fourth-order valence-electron chi connectivity index (χ4n) is 6.30. The highest BCUT2D eigenvalue weighted by molar-refractivity contribution is 7.47. The van der Waals surface area contributed by atoms with Crippen LogP contribution in [-0.4, -0.2) is 74.9 Å². The van der Waals surface area contributed by atoms with Gasteiger partial charge >= 0.3 is 19.8 Å². The summed E-state index contributed by atoms with van der Waals surface area (Å²) in [4.78, 5) is 35.4. The van der Waals surface area contributed by atoms with Gasteiger partial charge in [0.05, 0.1) is 27.7 Å². The third kappa shape index (κ3) is 42.1. The van der Waals surface area contributed by atoms with E-state index >= 15 is 0 Å². The molecule has 0 aliphatic carbocycles. The molecule has 0 bridgehead atoms. The molecular weight excluding hydrogens is 725 g/mol. The van der Waals surface area contributed by atoms with Gasteiger partial charge in [0, 0.05) is 12.8 Å². The zero-order chi connectivity index (χ0) is 41.4. The molecule has 0 aliphatic rings. The first-order valence-corrected chi connectivity index (χ1v) is 24.6. The van der Waals surface area contributed by atoms with Crippen molar-refractivity contribution in [3.63, 3.8) is 0 Å². The minimum Gasteiger partial charge on any atom is -0.462 e. The molecule has 0 radical (unpaired) electrons. The molecule has 2 atom stereocenters. The normalized spacial score (nSPS) is 13.8. The van der Waals surface area contributed by atoms with Crippen molar-refractivity contribution in [2.24, 2.45) is 0 Å². The van der Waals surface area contributed by atoms with Gasteiger partial charge in [-0.3, -0.25) is 18.6 Å². The third-order valence-electron chi connectivity index (χ3n) is 9.95. The van der Waals surface area contributed by atoms with E-state index < -0.39 is 26.5 Å². The van der Waals surface area contributed by atoms with Gasteiger partial charge in [0.1, 0.15) is 19.8 Å². The van der Waals surface area contributed by atoms with Crippen LogP contribution in [0.15, 0.2) is 24.3 Å². The molecule has 9 nitrogen and oxygen atoms in total. The molecular formula is C46H89NO8P+. The van der Waals surface area contributed by atoms with Crippen molar-refractivity contribution in [2.45, 2.75) is 213 Å². The van der Waals surface area contributed by atoms with E-state index in [0.717, 1.165) is 44.9 Å². The number of unbranched alkanes of at least 4 members (excludes halogenated alkanes) is 24. The van der Waals surface area contributed by atoms with E-state index in [1.54, 1.807) is 0 Å². The Morgan fingerprint density at radius 1 is 0.536 bits per heavy atom. The van der Waals surface area contributed by atoms with E-state index in [0.29, 0.717) is 17.4 Å². The largest absolute Gasteiger partial charge is 0.472 e. The first kappa shape index (κ1) is 54.5. The Hall–Kier alpha value is -1.51. The van der Waals surface area contributed by atoms with Crippen molar-refractivity contribution in [1.82, 2.24) is 0 Å². The van der Waals surface area contributed by atoms with Crippen LogP contribution in [0.4, 0.5) is 0 Å². The first-order chi connectivity index (χ1) is 27.0. The van der Waals surface area contributed by atoms with E-state index in [-0.39, 0.29) is 32.0 Å². The molecule has 0 aliphatic heterocycles. The highest BCUT2D eigenvalue weighted by atomic mass is 31.2. The number of rotatable bonds is 42. The topological polar surface area (TPSA) is 108 Å². The van der Waals surface area contributed by atoms with Crippen molar-refractivity contribution < 1.29 is 42.1 Å². The summed E-state index contributed by atoms with van der Waals surface area (Å²) in [5.74, 6) is -0.803. The van der Waals surface area contributed by atoms with Gasteiger partial charge < -0.3 is 18.9 Å². The number of phosphoric acid groups is 1. The van der Waals surface area contributed by atoms with Crippen LogP contribution in [0.2, 0.25) is 0 Å². The maximum Gasteiger partial charge on any atom is 0.472 e. The van der Waals surface area contributed by atoms with Gasteiger partial charge in [-0.15, -0.1) is 0 Å². The van der Waals surface area contributed by atoms with E-state index in [4.69, 9.17) is 18.5 Å². The average molecular weight is 815 g/mol. The number of ether oxygens (including phenoxy) is 2. The molecule has 0 aromatic carbocycles. The number of phosphoric ester groups is 1. The second kappa shape index (κ2) is 39.0. The molecule has 0 saturated carbocycles. The van der Waals surface area contributed by atoms with Gasteiger partial charge in [-0.05, 0) is 64.2 Å². The zero-order valence-electron chi connectivity index (χ0n) is 37.1. The Labute approximate surface area is 345 Å². The summed E-state index contributed by atoms with van der Waals surface area (Å²) in [6.45, 7) is 4.41. The summed E-state index contributed by atoms with van der Waals surface area (Å²) in [5.41, 5.74) is 0. The van der Waals surface area contributed by atoms with Crippen LogP contribution in [0.1, 0.15) is 206 Å². The van der Waals surface area contributed by atoms with Gasteiger partial charge in [0.25, 0.3) is 0 Å². The predicted molar refractivity (Wildman–Crippen MR) is 234 cm³/mol. The standard InChI is InChI=1S/C46H88NO8P/c1-6-8-10-12-14-16-18-20-22-23-25-27-29-31-33-35-37-39-46(49)55-44(43-54-56(50,51)53-41-40-47(3,4)5)42-52-45(48)38-36-34-32-30-28-26-24-21-19-17-15-13-11-9-7-2/h17,19-20,22,44H,6-16,18,21,23-43H2,1-5H3/p+1/b19-17-,22-20-/t44-/m1/s1. The Morgan fingerprint density at radius 2 is 0.911 bits per heavy atom. The lowest BCUT2D eigenvalue weighted by atomic mass is 10.1. The second-order valence-corrected chi connectivity index (χ2v) is 18.2. The van der Waals surface area contributed by atoms with Crippen LogP contribution in [0.3, 0.4) is 0 Å². The number of nitrogens with zero attached hydrogens (tertiary/aromatic N) is 1. The maximum atomic E-state index is 12.7. The van der Waals surface area contributed by atoms with Crippen molar-refractivity contribution in [3.05, 3.63) is 24.3 Å². The number of carbonyl (C=O) groups is 2. The van der Waals surface area contributed by atoms with Crippen LogP contribution in [0.25, 0.3) is 0 Å². The van der Waals surface area contributed by atoms with Crippen molar-refractivity contribution >= 4 is 19.8 Å². The monoisotopic (exact) mass is 815 g/mol. The number of carbonyl (C=O) groups excluding carboxylic acids is 2. The summed E-state index contributed by atoms with van der Waals surface area (Å²) in [6.07, 6.45) is 42.2. The van der Waals surface area contributed by atoms with Gasteiger partial charge in [0.15, 0.2) is 6.10 Å². The SMILES string of the molecule is CCCCCC/C=C\CCCCCCCCCC(=O)OC[C@H](COP(=O)(O)OCC[N+](C)(C)C)OC(=O)CCCCCCCCC/C=C\CCCCCCCC. The molecule has 56 heavy (non-hydrogen) atoms. The van der Waals surface area contributed by atoms with Crippen molar-refractivity contribution in [2.75, 3.05) is 47.5 Å². The number of likely N-dealkylation sites (N-methyl/N-ethyl adjacent to an activating group) is 1. The van der Waals surface area contributed by atoms with Gasteiger partial charge in [-0.25, -0.2) is 4.57 Å². The molecule has 330 valence electrons. The first-order valence-electron chi connectivity index (χ1n) is 23.1. The smallest absolute Gasteiger partial charge is 0.462 e. The molecule has 0 heterocycles. The molecule has 0 aromatic heterocycles. The minimum absolute atomic E-state index is 0.0314. The summed E-state index contributed by atoms with van der Waals surface area (Å²) >= 11 is 0. The van der Waals surface area contributed by atoms with Crippen LogP contribution in [0, 0.1) is 0 Å². The van der Waals surface area contributed by atoms with Crippen molar-refractivity contribution in [1.29, 1.82) is 0 Å². The van der Waals surface area contributed by atoms with E-state index in [2.05, 4.69) is 38.2 Å². The van der Waals surface area contributed by atoms with Crippen LogP contribution >= 0.6 is 7.82 Å². The quantitative estimate of drug-likeness (QED) is 0.0213. The Bertz CT molecular complexity index is 1010. The van der Waals surface area contributed by atoms with Gasteiger partial charge in [-0.2, -0.15) is 0 Å². The Kier molecular flexibility index (Phi) is 37.9. The number of esters is 2. The lowest BCUT2D eigenvalue weighted by Gasteiger charge is -2.24. The molecule has 0 rings (SSSR count). The van der Waals surface area contributed by atoms with Crippen molar-refractivity contribution in [3.8, 4) is 0 Å². The van der Waals surface area contributed by atoms with Crippen LogP contribution in [0.5, 0.6) is 0 Å². The Morgan fingerprint density at radius 3 is 1.34 bits per heavy atom. The van der Waals surface area contributed by atoms with E-state index in [9.17, 15) is 19.0 Å². The van der Waals surface area contributed by atoms with E-state index in [1.807, 2.05) is 21.1 Å². The molecule has 0 saturated heterocycles.